The monoisotopic (exact) mass is 276 g/mol. The van der Waals surface area contributed by atoms with Crippen molar-refractivity contribution in [2.24, 2.45) is 0 Å². The second kappa shape index (κ2) is 5.56. The Morgan fingerprint density at radius 1 is 1.64 bits per heavy atom. The van der Waals surface area contributed by atoms with Gasteiger partial charge in [-0.15, -0.1) is 11.6 Å². The molecule has 0 spiro atoms. The van der Waals surface area contributed by atoms with E-state index in [1.807, 2.05) is 26.1 Å². The summed E-state index contributed by atoms with van der Waals surface area (Å²) in [6, 6.07) is 2.04. The van der Waals surface area contributed by atoms with Gasteiger partial charge in [-0.05, 0) is 47.8 Å². The fourth-order valence-corrected chi connectivity index (χ4v) is 1.77. The lowest BCUT2D eigenvalue weighted by Gasteiger charge is -2.08. The van der Waals surface area contributed by atoms with Gasteiger partial charge in [-0.2, -0.15) is 0 Å². The summed E-state index contributed by atoms with van der Waals surface area (Å²) in [5.74, 6) is 0.882. The zero-order valence-electron chi connectivity index (χ0n) is 8.35. The Bertz CT molecular complexity index is 302. The lowest BCUT2D eigenvalue weighted by Crippen LogP contribution is -2.07. The SMILES string of the molecule is Cc1cnc(NCCC(C)Cl)c(Br)c1. The fraction of sp³-hybridized carbons (Fsp3) is 0.500. The summed E-state index contributed by atoms with van der Waals surface area (Å²) in [6.45, 7) is 4.85. The van der Waals surface area contributed by atoms with Crippen LogP contribution >= 0.6 is 27.5 Å². The molecule has 1 aromatic heterocycles. The van der Waals surface area contributed by atoms with Crippen molar-refractivity contribution >= 4 is 33.3 Å². The molecule has 0 aliphatic heterocycles. The second-order valence-electron chi connectivity index (χ2n) is 3.34. The molecule has 1 rings (SSSR count). The zero-order chi connectivity index (χ0) is 10.6. The maximum absolute atomic E-state index is 5.84. The van der Waals surface area contributed by atoms with E-state index < -0.39 is 0 Å². The molecule has 1 atom stereocenters. The van der Waals surface area contributed by atoms with Gasteiger partial charge in [0.15, 0.2) is 0 Å². The molecule has 4 heteroatoms. The molecule has 1 unspecified atom stereocenters. The minimum absolute atomic E-state index is 0.201. The van der Waals surface area contributed by atoms with Crippen LogP contribution < -0.4 is 5.32 Å². The van der Waals surface area contributed by atoms with Crippen molar-refractivity contribution in [3.05, 3.63) is 22.3 Å². The summed E-state index contributed by atoms with van der Waals surface area (Å²) in [4.78, 5) is 4.27. The van der Waals surface area contributed by atoms with E-state index in [1.165, 1.54) is 0 Å². The first kappa shape index (κ1) is 11.8. The van der Waals surface area contributed by atoms with E-state index in [9.17, 15) is 0 Å². The first-order chi connectivity index (χ1) is 6.59. The van der Waals surface area contributed by atoms with Crippen LogP contribution in [0.3, 0.4) is 0 Å². The number of alkyl halides is 1. The number of hydrogen-bond acceptors (Lipinski definition) is 2. The van der Waals surface area contributed by atoms with Gasteiger partial charge in [-0.25, -0.2) is 4.98 Å². The normalized spacial score (nSPS) is 12.6. The molecule has 0 aliphatic carbocycles. The highest BCUT2D eigenvalue weighted by atomic mass is 79.9. The number of nitrogens with zero attached hydrogens (tertiary/aromatic N) is 1. The third-order valence-electron chi connectivity index (χ3n) is 1.81. The molecule has 0 radical (unpaired) electrons. The number of pyridine rings is 1. The summed E-state index contributed by atoms with van der Waals surface area (Å²) >= 11 is 9.29. The number of aryl methyl sites for hydroxylation is 1. The molecule has 1 N–H and O–H groups in total. The maximum Gasteiger partial charge on any atom is 0.140 e. The number of nitrogens with one attached hydrogen (secondary N) is 1. The van der Waals surface area contributed by atoms with E-state index >= 15 is 0 Å². The molecule has 0 aromatic carbocycles. The van der Waals surface area contributed by atoms with Gasteiger partial charge in [0.2, 0.25) is 0 Å². The Morgan fingerprint density at radius 2 is 2.36 bits per heavy atom. The second-order valence-corrected chi connectivity index (χ2v) is 4.94. The lowest BCUT2D eigenvalue weighted by atomic mass is 10.3. The molecule has 0 bridgehead atoms. The highest BCUT2D eigenvalue weighted by molar-refractivity contribution is 9.10. The summed E-state index contributed by atoms with van der Waals surface area (Å²) in [5.41, 5.74) is 1.15. The topological polar surface area (TPSA) is 24.9 Å². The summed E-state index contributed by atoms with van der Waals surface area (Å²) in [6.07, 6.45) is 2.78. The average Bonchev–Trinajstić information content (AvgIpc) is 2.08. The van der Waals surface area contributed by atoms with Crippen LogP contribution in [0.2, 0.25) is 0 Å². The maximum atomic E-state index is 5.84. The van der Waals surface area contributed by atoms with Crippen LogP contribution in [-0.4, -0.2) is 16.9 Å². The Balaban J connectivity index is 2.51. The van der Waals surface area contributed by atoms with Crippen LogP contribution in [0.4, 0.5) is 5.82 Å². The van der Waals surface area contributed by atoms with Gasteiger partial charge in [0.05, 0.1) is 4.47 Å². The van der Waals surface area contributed by atoms with Crippen molar-refractivity contribution < 1.29 is 0 Å². The molecule has 14 heavy (non-hydrogen) atoms. The zero-order valence-corrected chi connectivity index (χ0v) is 10.7. The Hall–Kier alpha value is -0.280. The van der Waals surface area contributed by atoms with Crippen LogP contribution in [-0.2, 0) is 0 Å². The van der Waals surface area contributed by atoms with E-state index in [1.54, 1.807) is 0 Å². The predicted molar refractivity (Wildman–Crippen MR) is 65.1 cm³/mol. The molecule has 1 aromatic rings. The number of anilines is 1. The van der Waals surface area contributed by atoms with Gasteiger partial charge in [0, 0.05) is 18.1 Å². The number of halogens is 2. The first-order valence-electron chi connectivity index (χ1n) is 4.59. The van der Waals surface area contributed by atoms with E-state index in [0.717, 1.165) is 28.8 Å². The van der Waals surface area contributed by atoms with E-state index in [4.69, 9.17) is 11.6 Å². The third kappa shape index (κ3) is 3.84. The highest BCUT2D eigenvalue weighted by Gasteiger charge is 2.01. The highest BCUT2D eigenvalue weighted by Crippen LogP contribution is 2.20. The average molecular weight is 278 g/mol. The summed E-state index contributed by atoms with van der Waals surface area (Å²) in [5, 5.41) is 3.43. The molecule has 0 amide bonds. The van der Waals surface area contributed by atoms with E-state index in [0.29, 0.717) is 0 Å². The van der Waals surface area contributed by atoms with Crippen LogP contribution in [0.15, 0.2) is 16.7 Å². The van der Waals surface area contributed by atoms with Crippen molar-refractivity contribution in [2.45, 2.75) is 25.6 Å². The lowest BCUT2D eigenvalue weighted by molar-refractivity contribution is 0.838. The summed E-state index contributed by atoms with van der Waals surface area (Å²) < 4.78 is 1.000. The smallest absolute Gasteiger partial charge is 0.140 e. The largest absolute Gasteiger partial charge is 0.369 e. The molecule has 1 heterocycles. The first-order valence-corrected chi connectivity index (χ1v) is 5.82. The quantitative estimate of drug-likeness (QED) is 0.851. The van der Waals surface area contributed by atoms with Crippen LogP contribution in [0.5, 0.6) is 0 Å². The van der Waals surface area contributed by atoms with Crippen molar-refractivity contribution in [2.75, 3.05) is 11.9 Å². The fourth-order valence-electron chi connectivity index (χ4n) is 1.05. The molecule has 78 valence electrons. The number of aromatic nitrogens is 1. The van der Waals surface area contributed by atoms with Gasteiger partial charge < -0.3 is 5.32 Å². The molecular weight excluding hydrogens is 263 g/mol. The van der Waals surface area contributed by atoms with Crippen molar-refractivity contribution in [1.82, 2.24) is 4.98 Å². The van der Waals surface area contributed by atoms with Gasteiger partial charge in [0.1, 0.15) is 5.82 Å². The number of rotatable bonds is 4. The third-order valence-corrected chi connectivity index (χ3v) is 2.64. The minimum atomic E-state index is 0.201. The van der Waals surface area contributed by atoms with Crippen LogP contribution in [0.25, 0.3) is 0 Å². The predicted octanol–water partition coefficient (Wildman–Crippen LogP) is 3.58. The molecule has 0 saturated heterocycles. The Kier molecular flexibility index (Phi) is 4.69. The van der Waals surface area contributed by atoms with Crippen LogP contribution in [0.1, 0.15) is 18.9 Å². The van der Waals surface area contributed by atoms with Gasteiger partial charge in [0.25, 0.3) is 0 Å². The number of hydrogen-bond donors (Lipinski definition) is 1. The van der Waals surface area contributed by atoms with Gasteiger partial charge in [-0.1, -0.05) is 0 Å². The van der Waals surface area contributed by atoms with Crippen LogP contribution in [0, 0.1) is 6.92 Å². The van der Waals surface area contributed by atoms with Gasteiger partial charge >= 0.3 is 0 Å². The molecule has 0 saturated carbocycles. The van der Waals surface area contributed by atoms with E-state index in [2.05, 4.69) is 26.2 Å². The Morgan fingerprint density at radius 3 is 2.93 bits per heavy atom. The molecule has 2 nitrogen and oxygen atoms in total. The van der Waals surface area contributed by atoms with Crippen molar-refractivity contribution in [3.63, 3.8) is 0 Å². The molecule has 0 aliphatic rings. The Labute approximate surface area is 98.2 Å². The van der Waals surface area contributed by atoms with Gasteiger partial charge in [-0.3, -0.25) is 0 Å². The van der Waals surface area contributed by atoms with Crippen molar-refractivity contribution in [3.8, 4) is 0 Å². The van der Waals surface area contributed by atoms with E-state index in [-0.39, 0.29) is 5.38 Å². The summed E-state index contributed by atoms with van der Waals surface area (Å²) in [7, 11) is 0. The van der Waals surface area contributed by atoms with Crippen molar-refractivity contribution in [1.29, 1.82) is 0 Å². The standard InChI is InChI=1S/C10H14BrClN2/c1-7-5-9(11)10(14-6-7)13-4-3-8(2)12/h5-6,8H,3-4H2,1-2H3,(H,13,14). The minimum Gasteiger partial charge on any atom is -0.369 e. The molecule has 0 fully saturated rings. The molecular formula is C10H14BrClN2.